The number of thiophene rings is 1. The fourth-order valence-corrected chi connectivity index (χ4v) is 6.90. The summed E-state index contributed by atoms with van der Waals surface area (Å²) >= 11 is 2.63. The molecule has 2 N–H and O–H groups in total. The van der Waals surface area contributed by atoms with E-state index in [4.69, 9.17) is 0 Å². The van der Waals surface area contributed by atoms with Gasteiger partial charge in [0, 0.05) is 22.2 Å². The normalized spacial score (nSPS) is 12.9. The average Bonchev–Trinajstić information content (AvgIpc) is 3.31. The van der Waals surface area contributed by atoms with E-state index in [1.165, 1.54) is 22.3 Å². The molecule has 0 bridgehead atoms. The molecule has 38 heavy (non-hydrogen) atoms. The number of H-pyrrole nitrogens is 1. The number of thioether (sulfide) groups is 1. The van der Waals surface area contributed by atoms with Gasteiger partial charge in [-0.1, -0.05) is 30.3 Å². The lowest BCUT2D eigenvalue weighted by molar-refractivity contribution is -0.387. The minimum Gasteiger partial charge on any atom is -0.325 e. The zero-order chi connectivity index (χ0) is 26.2. The summed E-state index contributed by atoms with van der Waals surface area (Å²) in [5, 5.41) is 17.5. The smallest absolute Gasteiger partial charge is 0.283 e. The van der Waals surface area contributed by atoms with Crippen LogP contribution in [0.4, 0.5) is 11.4 Å². The molecule has 1 amide bonds. The van der Waals surface area contributed by atoms with E-state index in [-0.39, 0.29) is 22.9 Å². The maximum Gasteiger partial charge on any atom is 0.283 e. The summed E-state index contributed by atoms with van der Waals surface area (Å²) in [5.74, 6) is 0.0472. The SMILES string of the molecule is O=C(CSc1ccc(-c2nc3sc4c(c3c(=O)[nH]2)CCCC4)cc1[N+](=O)[O-])Nc1ccc2ccccc2c1. The number of aromatic nitrogens is 2. The number of amides is 1. The summed E-state index contributed by atoms with van der Waals surface area (Å²) in [6.07, 6.45) is 4.00. The molecule has 190 valence electrons. The first-order valence-corrected chi connectivity index (χ1v) is 14.0. The van der Waals surface area contributed by atoms with Gasteiger partial charge in [-0.15, -0.1) is 23.1 Å². The molecule has 0 saturated heterocycles. The molecule has 2 aromatic heterocycles. The predicted octanol–water partition coefficient (Wildman–Crippen LogP) is 6.32. The summed E-state index contributed by atoms with van der Waals surface area (Å²) < 4.78 is 0. The first kappa shape index (κ1) is 24.3. The molecule has 1 aliphatic carbocycles. The number of aryl methyl sites for hydroxylation is 2. The van der Waals surface area contributed by atoms with Crippen molar-refractivity contribution in [3.8, 4) is 11.4 Å². The molecule has 1 aliphatic rings. The third-order valence-electron chi connectivity index (χ3n) is 6.65. The highest BCUT2D eigenvalue weighted by molar-refractivity contribution is 8.00. The lowest BCUT2D eigenvalue weighted by Gasteiger charge is -2.09. The molecule has 0 unspecified atom stereocenters. The number of hydrogen-bond donors (Lipinski definition) is 2. The first-order valence-electron chi connectivity index (χ1n) is 12.2. The molecule has 8 nitrogen and oxygen atoms in total. The van der Waals surface area contributed by atoms with E-state index in [9.17, 15) is 19.7 Å². The highest BCUT2D eigenvalue weighted by atomic mass is 32.2. The Morgan fingerprint density at radius 2 is 1.89 bits per heavy atom. The molecular formula is C28H22N4O4S2. The topological polar surface area (TPSA) is 118 Å². The fourth-order valence-electron chi connectivity index (χ4n) is 4.84. The van der Waals surface area contributed by atoms with Crippen LogP contribution in [-0.2, 0) is 17.6 Å². The number of carbonyl (C=O) groups excluding carboxylic acids is 1. The summed E-state index contributed by atoms with van der Waals surface area (Å²) in [5.41, 5.74) is 1.86. The van der Waals surface area contributed by atoms with Crippen molar-refractivity contribution in [3.05, 3.63) is 91.6 Å². The van der Waals surface area contributed by atoms with Gasteiger partial charge in [0.05, 0.1) is 21.0 Å². The van der Waals surface area contributed by atoms with Crippen LogP contribution in [0.3, 0.4) is 0 Å². The lowest BCUT2D eigenvalue weighted by atomic mass is 9.97. The van der Waals surface area contributed by atoms with Crippen LogP contribution in [-0.4, -0.2) is 26.6 Å². The standard InChI is InChI=1S/C28H22N4O4S2/c33-24(29-19-11-9-16-5-1-2-6-17(16)13-19)15-37-23-12-10-18(14-21(23)32(35)36)26-30-27(34)25-20-7-3-4-8-22(20)38-28(25)31-26/h1-2,5-6,9-14H,3-4,7-8,15H2,(H,29,33)(H,30,31,34). The van der Waals surface area contributed by atoms with Crippen molar-refractivity contribution in [2.75, 3.05) is 11.1 Å². The Bertz CT molecular complexity index is 1790. The molecule has 0 fully saturated rings. The molecule has 10 heteroatoms. The molecule has 3 aromatic carbocycles. The molecule has 0 radical (unpaired) electrons. The van der Waals surface area contributed by atoms with Gasteiger partial charge in [-0.3, -0.25) is 19.7 Å². The van der Waals surface area contributed by atoms with Crippen LogP contribution in [0, 0.1) is 10.1 Å². The number of fused-ring (bicyclic) bond motifs is 4. The Kier molecular flexibility index (Phi) is 6.42. The molecule has 2 heterocycles. The number of rotatable bonds is 6. The number of nitro benzene ring substituents is 1. The largest absolute Gasteiger partial charge is 0.325 e. The van der Waals surface area contributed by atoms with Crippen molar-refractivity contribution < 1.29 is 9.72 Å². The Labute approximate surface area is 225 Å². The van der Waals surface area contributed by atoms with Gasteiger partial charge >= 0.3 is 0 Å². The van der Waals surface area contributed by atoms with Crippen molar-refractivity contribution in [3.63, 3.8) is 0 Å². The number of nitrogens with zero attached hydrogens (tertiary/aromatic N) is 2. The maximum absolute atomic E-state index is 12.9. The van der Waals surface area contributed by atoms with Gasteiger partial charge in [-0.2, -0.15) is 0 Å². The zero-order valence-electron chi connectivity index (χ0n) is 20.2. The second-order valence-electron chi connectivity index (χ2n) is 9.14. The minimum absolute atomic E-state index is 0.00874. The van der Waals surface area contributed by atoms with E-state index < -0.39 is 4.92 Å². The second-order valence-corrected chi connectivity index (χ2v) is 11.2. The minimum atomic E-state index is -0.479. The summed E-state index contributed by atoms with van der Waals surface area (Å²) in [4.78, 5) is 46.6. The van der Waals surface area contributed by atoms with Gasteiger partial charge in [0.1, 0.15) is 10.7 Å². The monoisotopic (exact) mass is 542 g/mol. The second kappa shape index (κ2) is 10.0. The van der Waals surface area contributed by atoms with Crippen molar-refractivity contribution in [2.24, 2.45) is 0 Å². The van der Waals surface area contributed by atoms with Gasteiger partial charge in [0.2, 0.25) is 5.91 Å². The summed E-state index contributed by atoms with van der Waals surface area (Å²) in [6.45, 7) is 0. The number of carbonyl (C=O) groups is 1. The Morgan fingerprint density at radius 1 is 1.08 bits per heavy atom. The number of hydrogen-bond acceptors (Lipinski definition) is 7. The molecule has 0 spiro atoms. The van der Waals surface area contributed by atoms with Crippen molar-refractivity contribution in [1.29, 1.82) is 0 Å². The van der Waals surface area contributed by atoms with Crippen LogP contribution in [0.25, 0.3) is 32.4 Å². The van der Waals surface area contributed by atoms with Gasteiger partial charge in [-0.25, -0.2) is 4.98 Å². The van der Waals surface area contributed by atoms with Crippen LogP contribution in [0.2, 0.25) is 0 Å². The van der Waals surface area contributed by atoms with Gasteiger partial charge in [0.25, 0.3) is 11.2 Å². The van der Waals surface area contributed by atoms with Crippen molar-refractivity contribution in [2.45, 2.75) is 30.6 Å². The van der Waals surface area contributed by atoms with Crippen LogP contribution in [0.15, 0.2) is 70.4 Å². The number of nitro groups is 1. The average molecular weight is 543 g/mol. The Balaban J connectivity index is 1.22. The Hall–Kier alpha value is -4.02. The molecular weight excluding hydrogens is 520 g/mol. The number of nitrogens with one attached hydrogen (secondary N) is 2. The third kappa shape index (κ3) is 4.68. The van der Waals surface area contributed by atoms with Gasteiger partial charge in [0.15, 0.2) is 0 Å². The molecule has 5 aromatic rings. The maximum atomic E-state index is 12.9. The molecule has 0 atom stereocenters. The third-order valence-corrected chi connectivity index (χ3v) is 8.89. The van der Waals surface area contributed by atoms with Gasteiger partial charge < -0.3 is 10.3 Å². The lowest BCUT2D eigenvalue weighted by Crippen LogP contribution is -2.14. The molecule has 6 rings (SSSR count). The van der Waals surface area contributed by atoms with Crippen molar-refractivity contribution in [1.82, 2.24) is 9.97 Å². The first-order chi connectivity index (χ1) is 18.5. The van der Waals surface area contributed by atoms with E-state index in [2.05, 4.69) is 15.3 Å². The van der Waals surface area contributed by atoms with E-state index in [1.807, 2.05) is 42.5 Å². The predicted molar refractivity (Wildman–Crippen MR) is 152 cm³/mol. The fraction of sp³-hybridized carbons (Fsp3) is 0.179. The Morgan fingerprint density at radius 3 is 2.74 bits per heavy atom. The van der Waals surface area contributed by atoms with E-state index in [1.54, 1.807) is 12.1 Å². The van der Waals surface area contributed by atoms with Crippen LogP contribution in [0.1, 0.15) is 23.3 Å². The summed E-state index contributed by atoms with van der Waals surface area (Å²) in [6, 6.07) is 18.2. The van der Waals surface area contributed by atoms with E-state index >= 15 is 0 Å². The van der Waals surface area contributed by atoms with Crippen LogP contribution in [0.5, 0.6) is 0 Å². The quantitative estimate of drug-likeness (QED) is 0.147. The van der Waals surface area contributed by atoms with Crippen LogP contribution >= 0.6 is 23.1 Å². The summed E-state index contributed by atoms with van der Waals surface area (Å²) in [7, 11) is 0. The highest BCUT2D eigenvalue weighted by Crippen LogP contribution is 2.36. The van der Waals surface area contributed by atoms with Crippen molar-refractivity contribution >= 4 is 61.4 Å². The molecule has 0 saturated carbocycles. The van der Waals surface area contributed by atoms with E-state index in [0.29, 0.717) is 32.2 Å². The van der Waals surface area contributed by atoms with E-state index in [0.717, 1.165) is 53.8 Å². The molecule has 0 aliphatic heterocycles. The van der Waals surface area contributed by atoms with Crippen LogP contribution < -0.4 is 10.9 Å². The zero-order valence-corrected chi connectivity index (χ0v) is 21.8. The number of aromatic amines is 1. The van der Waals surface area contributed by atoms with Gasteiger partial charge in [-0.05, 0) is 66.3 Å². The number of benzene rings is 3. The highest BCUT2D eigenvalue weighted by Gasteiger charge is 2.22. The number of anilines is 1.